The maximum Gasteiger partial charge on any atom is 0.335 e. The van der Waals surface area contributed by atoms with Crippen molar-refractivity contribution in [3.8, 4) is 28.7 Å². The Morgan fingerprint density at radius 1 is 0.837 bits per heavy atom. The van der Waals surface area contributed by atoms with Crippen LogP contribution in [0.2, 0.25) is 0 Å². The zero-order valence-corrected chi connectivity index (χ0v) is 24.1. The fourth-order valence-corrected chi connectivity index (χ4v) is 4.09. The number of nitrogens with one attached hydrogen (secondary N) is 2. The molecule has 5 amide bonds. The summed E-state index contributed by atoms with van der Waals surface area (Å²) < 4.78 is 27.2. The number of nitrogens with zero attached hydrogens (tertiary/aromatic N) is 1. The SMILES string of the molecule is CCCOc1ccc(N2C(=O)NC(=O)/C(=C/c3ccc(OCC(=O)Nc4ccc(OC)cc4)c(OC)c3)C2=O)cc1OC. The van der Waals surface area contributed by atoms with Crippen molar-refractivity contribution in [2.24, 2.45) is 0 Å². The smallest absolute Gasteiger partial charge is 0.335 e. The molecule has 12 heteroatoms. The van der Waals surface area contributed by atoms with Crippen LogP contribution in [0.3, 0.4) is 0 Å². The van der Waals surface area contributed by atoms with E-state index in [1.54, 1.807) is 49.6 Å². The molecule has 0 unspecified atom stereocenters. The fraction of sp³-hybridized carbons (Fsp3) is 0.226. The van der Waals surface area contributed by atoms with Crippen molar-refractivity contribution < 1.29 is 42.9 Å². The minimum atomic E-state index is -0.898. The maximum absolute atomic E-state index is 13.4. The first kappa shape index (κ1) is 30.4. The molecule has 0 bridgehead atoms. The lowest BCUT2D eigenvalue weighted by atomic mass is 10.1. The zero-order chi connectivity index (χ0) is 30.9. The van der Waals surface area contributed by atoms with E-state index in [0.29, 0.717) is 35.1 Å². The third-order valence-electron chi connectivity index (χ3n) is 6.20. The topological polar surface area (TPSA) is 142 Å². The monoisotopic (exact) mass is 589 g/mol. The second kappa shape index (κ2) is 13.9. The molecule has 2 N–H and O–H groups in total. The molecule has 43 heavy (non-hydrogen) atoms. The van der Waals surface area contributed by atoms with Gasteiger partial charge in [-0.15, -0.1) is 0 Å². The van der Waals surface area contributed by atoms with Gasteiger partial charge in [-0.1, -0.05) is 13.0 Å². The predicted octanol–water partition coefficient (Wildman–Crippen LogP) is 4.19. The molecular formula is C31H31N3O9. The number of urea groups is 1. The quantitative estimate of drug-likeness (QED) is 0.235. The lowest BCUT2D eigenvalue weighted by Crippen LogP contribution is -2.54. The Morgan fingerprint density at radius 3 is 2.19 bits per heavy atom. The highest BCUT2D eigenvalue weighted by molar-refractivity contribution is 6.39. The van der Waals surface area contributed by atoms with Crippen LogP contribution in [0.1, 0.15) is 18.9 Å². The molecule has 0 radical (unpaired) electrons. The van der Waals surface area contributed by atoms with E-state index in [1.165, 1.54) is 38.5 Å². The van der Waals surface area contributed by atoms with Gasteiger partial charge in [0, 0.05) is 11.8 Å². The summed E-state index contributed by atoms with van der Waals surface area (Å²) in [5.41, 5.74) is 0.904. The van der Waals surface area contributed by atoms with Crippen LogP contribution in [0.15, 0.2) is 66.2 Å². The number of imide groups is 2. The van der Waals surface area contributed by atoms with E-state index >= 15 is 0 Å². The van der Waals surface area contributed by atoms with E-state index in [4.69, 9.17) is 23.7 Å². The van der Waals surface area contributed by atoms with Crippen LogP contribution < -0.4 is 39.2 Å². The van der Waals surface area contributed by atoms with E-state index in [-0.39, 0.29) is 29.4 Å². The Kier molecular flexibility index (Phi) is 9.84. The summed E-state index contributed by atoms with van der Waals surface area (Å²) in [5.74, 6) is -0.104. The van der Waals surface area contributed by atoms with Gasteiger partial charge in [-0.2, -0.15) is 0 Å². The first-order valence-electron chi connectivity index (χ1n) is 13.2. The number of hydrogen-bond donors (Lipinski definition) is 2. The van der Waals surface area contributed by atoms with Crippen LogP contribution >= 0.6 is 0 Å². The van der Waals surface area contributed by atoms with E-state index in [2.05, 4.69) is 10.6 Å². The first-order chi connectivity index (χ1) is 20.8. The van der Waals surface area contributed by atoms with Gasteiger partial charge in [0.05, 0.1) is 33.6 Å². The molecule has 4 rings (SSSR count). The van der Waals surface area contributed by atoms with Crippen LogP contribution in [-0.2, 0) is 14.4 Å². The van der Waals surface area contributed by atoms with Crippen molar-refractivity contribution in [1.29, 1.82) is 0 Å². The summed E-state index contributed by atoms with van der Waals surface area (Å²) >= 11 is 0. The van der Waals surface area contributed by atoms with Crippen molar-refractivity contribution in [3.63, 3.8) is 0 Å². The number of rotatable bonds is 12. The van der Waals surface area contributed by atoms with Crippen molar-refractivity contribution in [2.45, 2.75) is 13.3 Å². The van der Waals surface area contributed by atoms with Gasteiger partial charge < -0.3 is 29.0 Å². The molecule has 1 saturated heterocycles. The highest BCUT2D eigenvalue weighted by Gasteiger charge is 2.37. The minimum absolute atomic E-state index is 0.191. The number of benzene rings is 3. The van der Waals surface area contributed by atoms with Crippen molar-refractivity contribution >= 4 is 41.2 Å². The van der Waals surface area contributed by atoms with E-state index < -0.39 is 23.8 Å². The number of methoxy groups -OCH3 is 3. The molecule has 1 aliphatic rings. The largest absolute Gasteiger partial charge is 0.497 e. The van der Waals surface area contributed by atoms with Crippen molar-refractivity contribution in [1.82, 2.24) is 5.32 Å². The van der Waals surface area contributed by atoms with Crippen LogP contribution in [-0.4, -0.2) is 58.3 Å². The van der Waals surface area contributed by atoms with E-state index in [1.807, 2.05) is 6.92 Å². The molecule has 1 heterocycles. The number of anilines is 2. The molecule has 0 saturated carbocycles. The predicted molar refractivity (Wildman–Crippen MR) is 158 cm³/mol. The molecule has 3 aromatic carbocycles. The van der Waals surface area contributed by atoms with Gasteiger partial charge in [-0.3, -0.25) is 19.7 Å². The summed E-state index contributed by atoms with van der Waals surface area (Å²) in [6.07, 6.45) is 2.11. The van der Waals surface area contributed by atoms with Gasteiger partial charge in [-0.05, 0) is 66.6 Å². The summed E-state index contributed by atoms with van der Waals surface area (Å²) in [7, 11) is 4.41. The minimum Gasteiger partial charge on any atom is -0.497 e. The molecule has 0 spiro atoms. The van der Waals surface area contributed by atoms with Crippen molar-refractivity contribution in [3.05, 3.63) is 71.8 Å². The third kappa shape index (κ3) is 7.22. The average molecular weight is 590 g/mol. The molecule has 0 atom stereocenters. The Hall–Kier alpha value is -5.52. The fourth-order valence-electron chi connectivity index (χ4n) is 4.09. The molecule has 0 aliphatic carbocycles. The molecule has 224 valence electrons. The van der Waals surface area contributed by atoms with Crippen LogP contribution in [0.4, 0.5) is 16.2 Å². The van der Waals surface area contributed by atoms with Gasteiger partial charge in [0.15, 0.2) is 29.6 Å². The maximum atomic E-state index is 13.4. The Labute approximate surface area is 248 Å². The van der Waals surface area contributed by atoms with Gasteiger partial charge in [0.1, 0.15) is 11.3 Å². The second-order valence-electron chi connectivity index (χ2n) is 9.12. The number of amides is 5. The number of hydrogen-bond acceptors (Lipinski definition) is 9. The molecular weight excluding hydrogens is 558 g/mol. The summed E-state index contributed by atoms with van der Waals surface area (Å²) in [4.78, 5) is 52.0. The number of barbiturate groups is 1. The number of carbonyl (C=O) groups excluding carboxylic acids is 4. The number of carbonyl (C=O) groups is 4. The molecule has 3 aromatic rings. The first-order valence-corrected chi connectivity index (χ1v) is 13.2. The Balaban J connectivity index is 1.50. The average Bonchev–Trinajstić information content (AvgIpc) is 3.01. The standard InChI is InChI=1S/C31H31N3O9/c1-5-14-42-24-13-9-21(17-27(24)41-4)34-30(37)23(29(36)33-31(34)38)15-19-6-12-25(26(16-19)40-3)43-18-28(35)32-20-7-10-22(39-2)11-8-20/h6-13,15-17H,5,14,18H2,1-4H3,(H,32,35)(H,33,36,38)/b23-15-. The third-order valence-corrected chi connectivity index (χ3v) is 6.20. The van der Waals surface area contributed by atoms with Crippen molar-refractivity contribution in [2.75, 3.05) is 44.8 Å². The zero-order valence-electron chi connectivity index (χ0n) is 24.1. The molecule has 12 nitrogen and oxygen atoms in total. The lowest BCUT2D eigenvalue weighted by Gasteiger charge is -2.27. The van der Waals surface area contributed by atoms with Crippen LogP contribution in [0, 0.1) is 0 Å². The Bertz CT molecular complexity index is 1550. The number of ether oxygens (including phenoxy) is 5. The Morgan fingerprint density at radius 2 is 1.51 bits per heavy atom. The lowest BCUT2D eigenvalue weighted by molar-refractivity contribution is -0.122. The van der Waals surface area contributed by atoms with Gasteiger partial charge in [0.2, 0.25) is 0 Å². The summed E-state index contributed by atoms with van der Waals surface area (Å²) in [6, 6.07) is 15.2. The van der Waals surface area contributed by atoms with Gasteiger partial charge in [0.25, 0.3) is 17.7 Å². The normalized spacial score (nSPS) is 13.8. The molecule has 1 aliphatic heterocycles. The van der Waals surface area contributed by atoms with Crippen LogP contribution in [0.5, 0.6) is 28.7 Å². The summed E-state index contributed by atoms with van der Waals surface area (Å²) in [6.45, 7) is 2.12. The highest BCUT2D eigenvalue weighted by Crippen LogP contribution is 2.34. The second-order valence-corrected chi connectivity index (χ2v) is 9.12. The van der Waals surface area contributed by atoms with Gasteiger partial charge in [-0.25, -0.2) is 9.69 Å². The summed E-state index contributed by atoms with van der Waals surface area (Å²) in [5, 5.41) is 4.91. The highest BCUT2D eigenvalue weighted by atomic mass is 16.5. The molecule has 0 aromatic heterocycles. The van der Waals surface area contributed by atoms with E-state index in [9.17, 15) is 19.2 Å². The van der Waals surface area contributed by atoms with Gasteiger partial charge >= 0.3 is 6.03 Å². The van der Waals surface area contributed by atoms with Crippen LogP contribution in [0.25, 0.3) is 6.08 Å². The molecule has 1 fully saturated rings. The van der Waals surface area contributed by atoms with E-state index in [0.717, 1.165) is 11.3 Å².